The molecule has 82 valence electrons. The predicted octanol–water partition coefficient (Wildman–Crippen LogP) is 2.36. The summed E-state index contributed by atoms with van der Waals surface area (Å²) < 4.78 is 7.31. The normalized spacial score (nSPS) is 19.9. The Balaban J connectivity index is 2.46. The molecule has 0 fully saturated rings. The number of hydrogen-bond donors (Lipinski definition) is 0. The molecule has 1 aromatic heterocycles. The molecule has 0 N–H and O–H groups in total. The van der Waals surface area contributed by atoms with Gasteiger partial charge in [-0.15, -0.1) is 0 Å². The fraction of sp³-hybridized carbons (Fsp3) is 0.500. The van der Waals surface area contributed by atoms with Crippen molar-refractivity contribution >= 4 is 27.7 Å². The minimum atomic E-state index is -0.130. The first-order valence-electron chi connectivity index (χ1n) is 4.88. The lowest BCUT2D eigenvalue weighted by molar-refractivity contribution is 0.112. The number of methoxy groups -OCH3 is 1. The summed E-state index contributed by atoms with van der Waals surface area (Å²) in [6.07, 6.45) is 1.65. The molecule has 0 amide bonds. The topological polar surface area (TPSA) is 28.6 Å². The van der Waals surface area contributed by atoms with Crippen molar-refractivity contribution in [1.29, 1.82) is 0 Å². The van der Waals surface area contributed by atoms with Crippen LogP contribution in [0.25, 0.3) is 0 Å². The molecule has 1 unspecified atom stereocenters. The van der Waals surface area contributed by atoms with Crippen LogP contribution in [-0.4, -0.2) is 24.5 Å². The molecule has 1 aliphatic rings. The van der Waals surface area contributed by atoms with Crippen LogP contribution in [0.2, 0.25) is 0 Å². The molecule has 0 radical (unpaired) electrons. The molecule has 4 nitrogen and oxygen atoms in total. The van der Waals surface area contributed by atoms with Crippen molar-refractivity contribution in [2.75, 3.05) is 15.9 Å². The molecule has 0 saturated carbocycles. The van der Waals surface area contributed by atoms with Gasteiger partial charge in [0.1, 0.15) is 0 Å². The Labute approximate surface area is 98.2 Å². The van der Waals surface area contributed by atoms with Gasteiger partial charge < -0.3 is 9.64 Å². The predicted molar refractivity (Wildman–Crippen MR) is 64.1 cm³/mol. The second-order valence-electron chi connectivity index (χ2n) is 3.72. The van der Waals surface area contributed by atoms with Gasteiger partial charge in [0, 0.05) is 19.3 Å². The van der Waals surface area contributed by atoms with E-state index in [-0.39, 0.29) is 6.35 Å². The molecule has 1 aromatic rings. The lowest BCUT2D eigenvalue weighted by atomic mass is 10.3. The lowest BCUT2D eigenvalue weighted by Gasteiger charge is -2.30. The molecule has 5 heteroatoms. The Morgan fingerprint density at radius 1 is 1.53 bits per heavy atom. The molecular weight excluding hydrogens is 258 g/mol. The van der Waals surface area contributed by atoms with Crippen molar-refractivity contribution in [3.05, 3.63) is 18.3 Å². The summed E-state index contributed by atoms with van der Waals surface area (Å²) in [4.78, 5) is 6.51. The zero-order valence-electron chi connectivity index (χ0n) is 9.01. The van der Waals surface area contributed by atoms with Gasteiger partial charge in [-0.25, -0.2) is 8.91 Å². The highest BCUT2D eigenvalue weighted by Gasteiger charge is 2.37. The van der Waals surface area contributed by atoms with E-state index < -0.39 is 0 Å². The second-order valence-corrected chi connectivity index (χ2v) is 4.48. The fourth-order valence-corrected chi connectivity index (χ4v) is 2.46. The summed E-state index contributed by atoms with van der Waals surface area (Å²) >= 11 is 3.48. The van der Waals surface area contributed by atoms with E-state index in [1.54, 1.807) is 13.3 Å². The smallest absolute Gasteiger partial charge is 0.221 e. The summed E-state index contributed by atoms with van der Waals surface area (Å²) in [5, 5.41) is 0. The number of aromatic nitrogens is 1. The average molecular weight is 272 g/mol. The molecule has 1 atom stereocenters. The lowest BCUT2D eigenvalue weighted by Crippen LogP contribution is -2.44. The third-order valence-electron chi connectivity index (χ3n) is 2.45. The van der Waals surface area contributed by atoms with E-state index in [1.807, 2.05) is 9.99 Å². The van der Waals surface area contributed by atoms with Gasteiger partial charge in [-0.1, -0.05) is 0 Å². The van der Waals surface area contributed by atoms with Crippen LogP contribution in [0.5, 0.6) is 0 Å². The van der Waals surface area contributed by atoms with E-state index in [4.69, 9.17) is 4.74 Å². The quantitative estimate of drug-likeness (QED) is 0.773. The number of fused-ring (bicyclic) bond motifs is 1. The average Bonchev–Trinajstić information content (AvgIpc) is 2.52. The SMILES string of the molecule is COC1N(Br)c2ncccc2N1C(C)C. The van der Waals surface area contributed by atoms with Crippen LogP contribution in [-0.2, 0) is 4.74 Å². The van der Waals surface area contributed by atoms with Gasteiger partial charge >= 0.3 is 0 Å². The maximum atomic E-state index is 5.44. The number of pyridine rings is 1. The first-order chi connectivity index (χ1) is 7.16. The second kappa shape index (κ2) is 3.98. The molecule has 1 aliphatic heterocycles. The number of halogens is 1. The molecule has 2 heterocycles. The van der Waals surface area contributed by atoms with Crippen LogP contribution < -0.4 is 8.83 Å². The van der Waals surface area contributed by atoms with Crippen LogP contribution in [0.4, 0.5) is 11.5 Å². The van der Waals surface area contributed by atoms with Crippen molar-refractivity contribution < 1.29 is 4.74 Å². The minimum Gasteiger partial charge on any atom is -0.343 e. The monoisotopic (exact) mass is 271 g/mol. The van der Waals surface area contributed by atoms with E-state index in [1.165, 1.54) is 0 Å². The van der Waals surface area contributed by atoms with Crippen LogP contribution in [0.15, 0.2) is 18.3 Å². The Kier molecular flexibility index (Phi) is 2.84. The maximum absolute atomic E-state index is 5.44. The molecule has 15 heavy (non-hydrogen) atoms. The Hall–Kier alpha value is -0.810. The van der Waals surface area contributed by atoms with Crippen molar-refractivity contribution in [2.24, 2.45) is 0 Å². The zero-order valence-corrected chi connectivity index (χ0v) is 10.6. The van der Waals surface area contributed by atoms with Gasteiger partial charge in [0.15, 0.2) is 5.82 Å². The molecule has 0 saturated heterocycles. The Morgan fingerprint density at radius 2 is 2.27 bits per heavy atom. The van der Waals surface area contributed by atoms with Gasteiger partial charge in [-0.2, -0.15) is 0 Å². The van der Waals surface area contributed by atoms with Crippen LogP contribution in [0, 0.1) is 0 Å². The number of rotatable bonds is 2. The van der Waals surface area contributed by atoms with Crippen molar-refractivity contribution in [3.8, 4) is 0 Å². The van der Waals surface area contributed by atoms with Crippen molar-refractivity contribution in [2.45, 2.75) is 26.2 Å². The molecule has 2 rings (SSSR count). The maximum Gasteiger partial charge on any atom is 0.221 e. The number of hydrogen-bond acceptors (Lipinski definition) is 4. The van der Waals surface area contributed by atoms with Gasteiger partial charge in [0.05, 0.1) is 21.8 Å². The Bertz CT molecular complexity index is 358. The number of anilines is 2. The minimum absolute atomic E-state index is 0.130. The van der Waals surface area contributed by atoms with Crippen LogP contribution in [0.3, 0.4) is 0 Å². The summed E-state index contributed by atoms with van der Waals surface area (Å²) in [6.45, 7) is 4.27. The summed E-state index contributed by atoms with van der Waals surface area (Å²) in [6, 6.07) is 4.35. The van der Waals surface area contributed by atoms with E-state index in [0.29, 0.717) is 6.04 Å². The van der Waals surface area contributed by atoms with Gasteiger partial charge in [0.2, 0.25) is 6.35 Å². The standard InChI is InChI=1S/C10H14BrN3O/c1-7(2)13-8-5-4-6-12-9(8)14(11)10(13)15-3/h4-7,10H,1-3H3. The number of nitrogens with zero attached hydrogens (tertiary/aromatic N) is 3. The summed E-state index contributed by atoms with van der Waals surface area (Å²) in [5.41, 5.74) is 1.09. The fourth-order valence-electron chi connectivity index (χ4n) is 1.83. The van der Waals surface area contributed by atoms with E-state index in [0.717, 1.165) is 11.5 Å². The van der Waals surface area contributed by atoms with Gasteiger partial charge in [0.25, 0.3) is 0 Å². The zero-order chi connectivity index (χ0) is 11.0. The highest BCUT2D eigenvalue weighted by atomic mass is 79.9. The molecule has 0 aromatic carbocycles. The molecule has 0 spiro atoms. The van der Waals surface area contributed by atoms with Crippen molar-refractivity contribution in [3.63, 3.8) is 0 Å². The Morgan fingerprint density at radius 3 is 2.87 bits per heavy atom. The first kappa shape index (κ1) is 10.7. The van der Waals surface area contributed by atoms with Crippen LogP contribution in [0.1, 0.15) is 13.8 Å². The summed E-state index contributed by atoms with van der Waals surface area (Å²) in [7, 11) is 1.69. The van der Waals surface area contributed by atoms with Crippen molar-refractivity contribution in [1.82, 2.24) is 4.98 Å². The third kappa shape index (κ3) is 1.59. The van der Waals surface area contributed by atoms with Gasteiger partial charge in [-0.05, 0) is 26.0 Å². The molecule has 0 aliphatic carbocycles. The largest absolute Gasteiger partial charge is 0.343 e. The van der Waals surface area contributed by atoms with E-state index in [2.05, 4.69) is 45.9 Å². The van der Waals surface area contributed by atoms with Crippen LogP contribution >= 0.6 is 16.1 Å². The highest BCUT2D eigenvalue weighted by molar-refractivity contribution is 9.10. The summed E-state index contributed by atoms with van der Waals surface area (Å²) in [5.74, 6) is 0.901. The van der Waals surface area contributed by atoms with E-state index >= 15 is 0 Å². The van der Waals surface area contributed by atoms with Gasteiger partial charge in [-0.3, -0.25) is 0 Å². The highest BCUT2D eigenvalue weighted by Crippen LogP contribution is 2.40. The molecule has 0 bridgehead atoms. The third-order valence-corrected chi connectivity index (χ3v) is 3.13. The first-order valence-corrected chi connectivity index (χ1v) is 5.59. The number of ether oxygens (including phenoxy) is 1. The molecular formula is C10H14BrN3O. The van der Waals surface area contributed by atoms with E-state index in [9.17, 15) is 0 Å².